The van der Waals surface area contributed by atoms with E-state index in [0.717, 1.165) is 24.9 Å². The van der Waals surface area contributed by atoms with Crippen LogP contribution in [0.2, 0.25) is 0 Å². The van der Waals surface area contributed by atoms with Gasteiger partial charge in [0.2, 0.25) is 0 Å². The number of likely N-dealkylation sites (tertiary alicyclic amines) is 1. The second-order valence-corrected chi connectivity index (χ2v) is 5.08. The van der Waals surface area contributed by atoms with Crippen molar-refractivity contribution in [2.24, 2.45) is 5.92 Å². The van der Waals surface area contributed by atoms with Crippen molar-refractivity contribution in [2.75, 3.05) is 13.1 Å². The van der Waals surface area contributed by atoms with Gasteiger partial charge < -0.3 is 5.11 Å². The number of carboxylic acids is 1. The van der Waals surface area contributed by atoms with Crippen LogP contribution in [0.25, 0.3) is 0 Å². The average Bonchev–Trinajstić information content (AvgIpc) is 2.46. The van der Waals surface area contributed by atoms with E-state index in [9.17, 15) is 4.79 Å². The third-order valence-electron chi connectivity index (χ3n) is 3.87. The molecule has 0 amide bonds. The van der Waals surface area contributed by atoms with E-state index in [0.29, 0.717) is 12.1 Å². The molecule has 100 valence electrons. The maximum absolute atomic E-state index is 11.1. The maximum Gasteiger partial charge on any atom is 0.307 e. The highest BCUT2D eigenvalue weighted by atomic mass is 16.4. The van der Waals surface area contributed by atoms with Crippen LogP contribution in [0.5, 0.6) is 0 Å². The summed E-state index contributed by atoms with van der Waals surface area (Å²) in [4.78, 5) is 13.3. The number of piperidine rings is 1. The standard InChI is InChI=1S/C15H18N2O2/c1-11(13-6-4-12(9-16)5-7-13)17-8-2-3-14(10-17)15(18)19/h4-7,11,14H,2-3,8,10H2,1H3,(H,18,19). The van der Waals surface area contributed by atoms with Crippen molar-refractivity contribution in [3.63, 3.8) is 0 Å². The van der Waals surface area contributed by atoms with Gasteiger partial charge in [-0.1, -0.05) is 12.1 Å². The van der Waals surface area contributed by atoms with Gasteiger partial charge in [-0.15, -0.1) is 0 Å². The number of carbonyl (C=O) groups is 1. The van der Waals surface area contributed by atoms with Crippen LogP contribution in [0.15, 0.2) is 24.3 Å². The Kier molecular flexibility index (Phi) is 4.18. The molecule has 4 heteroatoms. The zero-order chi connectivity index (χ0) is 13.8. The molecule has 1 aliphatic heterocycles. The molecule has 1 heterocycles. The second-order valence-electron chi connectivity index (χ2n) is 5.08. The van der Waals surface area contributed by atoms with Crippen LogP contribution < -0.4 is 0 Å². The highest BCUT2D eigenvalue weighted by Crippen LogP contribution is 2.26. The third kappa shape index (κ3) is 3.12. The summed E-state index contributed by atoms with van der Waals surface area (Å²) in [7, 11) is 0. The second kappa shape index (κ2) is 5.85. The minimum absolute atomic E-state index is 0.190. The molecule has 0 aromatic heterocycles. The molecule has 1 saturated heterocycles. The average molecular weight is 258 g/mol. The van der Waals surface area contributed by atoms with Crippen LogP contribution in [0.3, 0.4) is 0 Å². The maximum atomic E-state index is 11.1. The highest BCUT2D eigenvalue weighted by molar-refractivity contribution is 5.70. The number of benzene rings is 1. The molecule has 0 saturated carbocycles. The van der Waals surface area contributed by atoms with Crippen LogP contribution in [-0.2, 0) is 4.79 Å². The lowest BCUT2D eigenvalue weighted by Gasteiger charge is -2.35. The van der Waals surface area contributed by atoms with E-state index < -0.39 is 5.97 Å². The van der Waals surface area contributed by atoms with Crippen molar-refractivity contribution in [1.82, 2.24) is 4.90 Å². The quantitative estimate of drug-likeness (QED) is 0.904. The van der Waals surface area contributed by atoms with Crippen molar-refractivity contribution in [2.45, 2.75) is 25.8 Å². The summed E-state index contributed by atoms with van der Waals surface area (Å²) in [6.45, 7) is 3.63. The van der Waals surface area contributed by atoms with E-state index in [1.54, 1.807) is 0 Å². The Bertz CT molecular complexity index is 490. The first-order valence-corrected chi connectivity index (χ1v) is 6.58. The van der Waals surface area contributed by atoms with E-state index in [4.69, 9.17) is 10.4 Å². The number of carboxylic acid groups (broad SMARTS) is 1. The van der Waals surface area contributed by atoms with Gasteiger partial charge in [0, 0.05) is 12.6 Å². The number of hydrogen-bond acceptors (Lipinski definition) is 3. The van der Waals surface area contributed by atoms with Crippen molar-refractivity contribution in [1.29, 1.82) is 5.26 Å². The van der Waals surface area contributed by atoms with Gasteiger partial charge in [-0.05, 0) is 44.0 Å². The SMILES string of the molecule is CC(c1ccc(C#N)cc1)N1CCCC(C(=O)O)C1. The summed E-state index contributed by atoms with van der Waals surface area (Å²) < 4.78 is 0. The van der Waals surface area contributed by atoms with Crippen molar-refractivity contribution in [3.05, 3.63) is 35.4 Å². The lowest BCUT2D eigenvalue weighted by atomic mass is 9.95. The van der Waals surface area contributed by atoms with Gasteiger partial charge in [-0.2, -0.15) is 5.26 Å². The van der Waals surface area contributed by atoms with E-state index in [1.165, 1.54) is 0 Å². The normalized spacial score (nSPS) is 21.6. The minimum Gasteiger partial charge on any atom is -0.481 e. The van der Waals surface area contributed by atoms with Gasteiger partial charge in [0.15, 0.2) is 0 Å². The van der Waals surface area contributed by atoms with E-state index in [2.05, 4.69) is 17.9 Å². The highest BCUT2D eigenvalue weighted by Gasteiger charge is 2.28. The molecule has 2 atom stereocenters. The molecule has 0 radical (unpaired) electrons. The number of nitrogens with zero attached hydrogens (tertiary/aromatic N) is 2. The molecule has 1 fully saturated rings. The molecule has 1 N–H and O–H groups in total. The van der Waals surface area contributed by atoms with Crippen LogP contribution >= 0.6 is 0 Å². The Morgan fingerprint density at radius 2 is 2.16 bits per heavy atom. The Labute approximate surface area is 113 Å². The molecule has 19 heavy (non-hydrogen) atoms. The molecule has 0 aliphatic carbocycles. The van der Waals surface area contributed by atoms with Crippen LogP contribution in [-0.4, -0.2) is 29.1 Å². The molecule has 2 unspecified atom stereocenters. The van der Waals surface area contributed by atoms with Crippen molar-refractivity contribution >= 4 is 5.97 Å². The van der Waals surface area contributed by atoms with Gasteiger partial charge in [-0.25, -0.2) is 0 Å². The van der Waals surface area contributed by atoms with E-state index in [-0.39, 0.29) is 12.0 Å². The van der Waals surface area contributed by atoms with Gasteiger partial charge >= 0.3 is 5.97 Å². The number of nitriles is 1. The number of hydrogen-bond donors (Lipinski definition) is 1. The largest absolute Gasteiger partial charge is 0.481 e. The molecular formula is C15H18N2O2. The van der Waals surface area contributed by atoms with E-state index >= 15 is 0 Å². The van der Waals surface area contributed by atoms with Crippen molar-refractivity contribution in [3.8, 4) is 6.07 Å². The van der Waals surface area contributed by atoms with Gasteiger partial charge in [0.05, 0.1) is 17.6 Å². The number of aliphatic carboxylic acids is 1. The fraction of sp³-hybridized carbons (Fsp3) is 0.467. The summed E-state index contributed by atoms with van der Waals surface area (Å²) in [5, 5.41) is 17.9. The molecule has 2 rings (SSSR count). The number of rotatable bonds is 3. The predicted octanol–water partition coefficient (Wildman–Crippen LogP) is 2.42. The zero-order valence-electron chi connectivity index (χ0n) is 11.0. The summed E-state index contributed by atoms with van der Waals surface area (Å²) in [6, 6.07) is 9.82. The van der Waals surface area contributed by atoms with Gasteiger partial charge in [0.25, 0.3) is 0 Å². The summed E-state index contributed by atoms with van der Waals surface area (Å²) >= 11 is 0. The summed E-state index contributed by atoms with van der Waals surface area (Å²) in [6.07, 6.45) is 1.70. The fourth-order valence-electron chi connectivity index (χ4n) is 2.61. The Hall–Kier alpha value is -1.86. The molecule has 0 bridgehead atoms. The predicted molar refractivity (Wildman–Crippen MR) is 71.5 cm³/mol. The topological polar surface area (TPSA) is 64.3 Å². The molecule has 4 nitrogen and oxygen atoms in total. The molecular weight excluding hydrogens is 240 g/mol. The van der Waals surface area contributed by atoms with Gasteiger partial charge in [-0.3, -0.25) is 9.69 Å². The summed E-state index contributed by atoms with van der Waals surface area (Å²) in [5.74, 6) is -0.952. The molecule has 0 spiro atoms. The smallest absolute Gasteiger partial charge is 0.307 e. The molecule has 1 aliphatic rings. The minimum atomic E-state index is -0.697. The Morgan fingerprint density at radius 3 is 2.74 bits per heavy atom. The Balaban J connectivity index is 2.07. The first kappa shape index (κ1) is 13.6. The molecule has 1 aromatic rings. The Morgan fingerprint density at radius 1 is 1.47 bits per heavy atom. The lowest BCUT2D eigenvalue weighted by molar-refractivity contribution is -0.143. The summed E-state index contributed by atoms with van der Waals surface area (Å²) in [5.41, 5.74) is 1.78. The monoisotopic (exact) mass is 258 g/mol. The van der Waals surface area contributed by atoms with E-state index in [1.807, 2.05) is 24.3 Å². The van der Waals surface area contributed by atoms with Crippen LogP contribution in [0, 0.1) is 17.2 Å². The fourth-order valence-corrected chi connectivity index (χ4v) is 2.61. The van der Waals surface area contributed by atoms with Crippen molar-refractivity contribution < 1.29 is 9.90 Å². The van der Waals surface area contributed by atoms with Crippen LogP contribution in [0.4, 0.5) is 0 Å². The third-order valence-corrected chi connectivity index (χ3v) is 3.87. The molecule has 1 aromatic carbocycles. The first-order chi connectivity index (χ1) is 9.11. The lowest BCUT2D eigenvalue weighted by Crippen LogP contribution is -2.40. The van der Waals surface area contributed by atoms with Gasteiger partial charge in [0.1, 0.15) is 0 Å². The first-order valence-electron chi connectivity index (χ1n) is 6.58. The zero-order valence-corrected chi connectivity index (χ0v) is 11.0. The van der Waals surface area contributed by atoms with Crippen LogP contribution in [0.1, 0.15) is 36.9 Å².